The molecule has 3 atom stereocenters. The van der Waals surface area contributed by atoms with Gasteiger partial charge in [-0.25, -0.2) is 13.3 Å². The van der Waals surface area contributed by atoms with Crippen LogP contribution in [-0.4, -0.2) is 50.6 Å². The number of piperidine rings is 1. The molecule has 10 heteroatoms. The molecule has 5 rings (SSSR count). The summed E-state index contributed by atoms with van der Waals surface area (Å²) >= 11 is 1.56. The van der Waals surface area contributed by atoms with Crippen molar-refractivity contribution in [3.63, 3.8) is 0 Å². The zero-order valence-corrected chi connectivity index (χ0v) is 17.7. The monoisotopic (exact) mass is 434 g/mol. The summed E-state index contributed by atoms with van der Waals surface area (Å²) < 4.78 is 36.3. The molecular weight excluding hydrogens is 410 g/mol. The van der Waals surface area contributed by atoms with Gasteiger partial charge < -0.3 is 15.0 Å². The topological polar surface area (TPSA) is 67.6 Å². The van der Waals surface area contributed by atoms with E-state index in [1.807, 2.05) is 6.92 Å². The minimum absolute atomic E-state index is 0.120. The van der Waals surface area contributed by atoms with E-state index in [1.54, 1.807) is 34.4 Å². The van der Waals surface area contributed by atoms with E-state index >= 15 is 0 Å². The number of rotatable bonds is 6. The van der Waals surface area contributed by atoms with Gasteiger partial charge in [0.05, 0.1) is 5.69 Å². The van der Waals surface area contributed by atoms with Gasteiger partial charge in [0.1, 0.15) is 11.6 Å². The van der Waals surface area contributed by atoms with E-state index < -0.39 is 13.0 Å². The van der Waals surface area contributed by atoms with Gasteiger partial charge >= 0.3 is 0 Å². The molecule has 7 nitrogen and oxygen atoms in total. The minimum Gasteiger partial charge on any atom is -0.484 e. The van der Waals surface area contributed by atoms with Gasteiger partial charge in [0.15, 0.2) is 11.4 Å². The first-order valence-corrected chi connectivity index (χ1v) is 10.9. The molecule has 1 aliphatic heterocycles. The van der Waals surface area contributed by atoms with Crippen molar-refractivity contribution in [3.05, 3.63) is 30.1 Å². The molecule has 0 aromatic carbocycles. The summed E-state index contributed by atoms with van der Waals surface area (Å²) in [5, 5.41) is 9.35. The largest absolute Gasteiger partial charge is 0.484 e. The summed E-state index contributed by atoms with van der Waals surface area (Å²) in [4.78, 5) is 7.00. The lowest BCUT2D eigenvalue weighted by Crippen LogP contribution is -2.56. The smallest absolute Gasteiger partial charge is 0.272 e. The van der Waals surface area contributed by atoms with E-state index in [4.69, 9.17) is 4.74 Å². The first kappa shape index (κ1) is 19.5. The lowest BCUT2D eigenvalue weighted by atomic mass is 9.78. The highest BCUT2D eigenvalue weighted by Gasteiger charge is 2.51. The Balaban J connectivity index is 1.37. The molecule has 1 N–H and O–H groups in total. The van der Waals surface area contributed by atoms with Crippen LogP contribution in [0.4, 0.5) is 19.7 Å². The third kappa shape index (κ3) is 3.36. The van der Waals surface area contributed by atoms with E-state index in [2.05, 4.69) is 37.7 Å². The number of nitrogens with zero attached hydrogens (tertiary/aromatic N) is 5. The van der Waals surface area contributed by atoms with Gasteiger partial charge in [0, 0.05) is 24.8 Å². The van der Waals surface area contributed by atoms with E-state index in [0.717, 1.165) is 31.6 Å². The average molecular weight is 435 g/mol. The van der Waals surface area contributed by atoms with E-state index in [-0.39, 0.29) is 5.54 Å². The molecule has 1 aliphatic carbocycles. The van der Waals surface area contributed by atoms with Crippen molar-refractivity contribution >= 4 is 28.1 Å². The lowest BCUT2D eigenvalue weighted by Gasteiger charge is -2.46. The van der Waals surface area contributed by atoms with E-state index in [1.165, 1.54) is 5.00 Å². The number of nitrogens with one attached hydrogen (secondary N) is 1. The molecular formula is C20H24F2N6OS. The number of hydrogen-bond donors (Lipinski definition) is 1. The van der Waals surface area contributed by atoms with Crippen LogP contribution < -0.4 is 15.0 Å². The van der Waals surface area contributed by atoms with Crippen molar-refractivity contribution in [1.82, 2.24) is 19.0 Å². The fourth-order valence-electron chi connectivity index (χ4n) is 4.83. The van der Waals surface area contributed by atoms with Crippen molar-refractivity contribution < 1.29 is 13.5 Å². The third-order valence-electron chi connectivity index (χ3n) is 6.44. The summed E-state index contributed by atoms with van der Waals surface area (Å²) in [6.45, 7) is 5.56. The Labute approximate surface area is 177 Å². The fourth-order valence-corrected chi connectivity index (χ4v) is 5.61. The van der Waals surface area contributed by atoms with Gasteiger partial charge in [-0.2, -0.15) is 9.36 Å². The third-order valence-corrected chi connectivity index (χ3v) is 7.38. The molecule has 30 heavy (non-hydrogen) atoms. The molecule has 3 aromatic rings. The maximum atomic E-state index is 12.5. The van der Waals surface area contributed by atoms with Crippen molar-refractivity contribution in [1.29, 1.82) is 0 Å². The number of ether oxygens (including phenoxy) is 1. The molecule has 1 saturated carbocycles. The first-order valence-electron chi connectivity index (χ1n) is 10.1. The zero-order valence-electron chi connectivity index (χ0n) is 16.9. The van der Waals surface area contributed by atoms with Gasteiger partial charge in [-0.3, -0.25) is 0 Å². The van der Waals surface area contributed by atoms with Crippen LogP contribution in [0.5, 0.6) is 5.75 Å². The summed E-state index contributed by atoms with van der Waals surface area (Å²) in [5.41, 5.74) is 1.38. The molecule has 1 unspecified atom stereocenters. The van der Waals surface area contributed by atoms with E-state index in [9.17, 15) is 8.78 Å². The Hall–Kier alpha value is -2.49. The van der Waals surface area contributed by atoms with Crippen LogP contribution in [0.15, 0.2) is 24.4 Å². The number of aromatic nitrogens is 4. The normalized spacial score (nSPS) is 26.0. The Kier molecular flexibility index (Phi) is 4.76. The first-order chi connectivity index (χ1) is 14.4. The van der Waals surface area contributed by atoms with Gasteiger partial charge in [-0.1, -0.05) is 0 Å². The highest BCUT2D eigenvalue weighted by molar-refractivity contribution is 7.10. The number of pyridine rings is 1. The van der Waals surface area contributed by atoms with Crippen LogP contribution in [0, 0.1) is 18.8 Å². The van der Waals surface area contributed by atoms with Crippen LogP contribution in [0.1, 0.15) is 25.5 Å². The van der Waals surface area contributed by atoms with Crippen LogP contribution in [-0.2, 0) is 0 Å². The molecule has 1 saturated heterocycles. The number of alkyl halides is 2. The SMILES string of the molecule is Cc1cc(N2CC3CC[C@@H](C2)[C@]3(C)Nc2nc3c(OCC(F)F)cccn3n2)sn1. The number of hydrogen-bond acceptors (Lipinski definition) is 7. The molecule has 160 valence electrons. The van der Waals surface area contributed by atoms with Gasteiger partial charge in [-0.15, -0.1) is 5.10 Å². The number of anilines is 2. The van der Waals surface area contributed by atoms with Gasteiger partial charge in [0.2, 0.25) is 5.95 Å². The Morgan fingerprint density at radius 2 is 2.10 bits per heavy atom. The predicted octanol–water partition coefficient (Wildman–Crippen LogP) is 3.86. The Bertz CT molecular complexity index is 1040. The number of aryl methyl sites for hydroxylation is 1. The number of fused-ring (bicyclic) bond motifs is 3. The van der Waals surface area contributed by atoms with Gasteiger partial charge in [0.25, 0.3) is 6.43 Å². The summed E-state index contributed by atoms with van der Waals surface area (Å²) in [6.07, 6.45) is 1.51. The molecule has 0 amide bonds. The fraction of sp³-hybridized carbons (Fsp3) is 0.550. The van der Waals surface area contributed by atoms with Crippen LogP contribution in [0.3, 0.4) is 0 Å². The highest BCUT2D eigenvalue weighted by atomic mass is 32.1. The van der Waals surface area contributed by atoms with E-state index in [0.29, 0.717) is 29.2 Å². The van der Waals surface area contributed by atoms with Crippen molar-refractivity contribution in [2.24, 2.45) is 11.8 Å². The van der Waals surface area contributed by atoms with Crippen molar-refractivity contribution in [3.8, 4) is 5.75 Å². The second kappa shape index (κ2) is 7.33. The second-order valence-corrected chi connectivity index (χ2v) is 9.15. The summed E-state index contributed by atoms with van der Waals surface area (Å²) in [6, 6.07) is 5.51. The van der Waals surface area contributed by atoms with Crippen molar-refractivity contribution in [2.45, 2.75) is 38.7 Å². The second-order valence-electron chi connectivity index (χ2n) is 8.37. The molecule has 3 aromatic heterocycles. The minimum atomic E-state index is -2.53. The molecule has 0 spiro atoms. The Morgan fingerprint density at radius 1 is 1.33 bits per heavy atom. The standard InChI is InChI=1S/C20H24F2N6OS/c1-12-8-17(30-26-12)27-9-13-5-6-14(10-27)20(13,2)24-19-23-18-15(29-11-16(21)22)4-3-7-28(18)25-19/h3-4,7-8,13-14,16H,5-6,9-11H2,1-2H3,(H,24,25)/t13-,14?,20-/m0/s1. The molecule has 2 fully saturated rings. The summed E-state index contributed by atoms with van der Waals surface area (Å²) in [7, 11) is 0. The molecule has 0 radical (unpaired) electrons. The molecule has 4 heterocycles. The lowest BCUT2D eigenvalue weighted by molar-refractivity contribution is 0.0824. The Morgan fingerprint density at radius 3 is 2.77 bits per heavy atom. The average Bonchev–Trinajstić information content (AvgIpc) is 3.33. The summed E-state index contributed by atoms with van der Waals surface area (Å²) in [5.74, 6) is 1.73. The maximum absolute atomic E-state index is 12.5. The number of halogens is 2. The molecule has 2 aliphatic rings. The van der Waals surface area contributed by atoms with Crippen molar-refractivity contribution in [2.75, 3.05) is 29.9 Å². The quantitative estimate of drug-likeness (QED) is 0.636. The van der Waals surface area contributed by atoms with Crippen LogP contribution >= 0.6 is 11.5 Å². The van der Waals surface area contributed by atoms with Gasteiger partial charge in [-0.05, 0) is 68.3 Å². The molecule has 2 bridgehead atoms. The zero-order chi connectivity index (χ0) is 20.9. The maximum Gasteiger partial charge on any atom is 0.272 e. The van der Waals surface area contributed by atoms with Crippen LogP contribution in [0.2, 0.25) is 0 Å². The predicted molar refractivity (Wildman–Crippen MR) is 112 cm³/mol. The highest BCUT2D eigenvalue weighted by Crippen LogP contribution is 2.47. The van der Waals surface area contributed by atoms with Crippen LogP contribution in [0.25, 0.3) is 5.65 Å².